The minimum absolute atomic E-state index is 0.175. The first-order chi connectivity index (χ1) is 7.81. The van der Waals surface area contributed by atoms with Gasteiger partial charge in [0.1, 0.15) is 18.1 Å². The number of hydrogen-bond donors (Lipinski definition) is 0. The van der Waals surface area contributed by atoms with Crippen molar-refractivity contribution in [2.75, 3.05) is 13.7 Å². The van der Waals surface area contributed by atoms with Crippen LogP contribution in [0.25, 0.3) is 0 Å². The van der Waals surface area contributed by atoms with Crippen LogP contribution in [-0.2, 0) is 9.53 Å². The third kappa shape index (κ3) is 3.51. The van der Waals surface area contributed by atoms with Crippen molar-refractivity contribution in [3.63, 3.8) is 0 Å². The second-order valence-electron chi connectivity index (χ2n) is 3.26. The average Bonchev–Trinajstić information content (AvgIpc) is 2.35. The van der Waals surface area contributed by atoms with E-state index < -0.39 is 0 Å². The van der Waals surface area contributed by atoms with E-state index in [4.69, 9.17) is 9.47 Å². The van der Waals surface area contributed by atoms with Crippen molar-refractivity contribution < 1.29 is 14.3 Å². The van der Waals surface area contributed by atoms with Crippen molar-refractivity contribution in [1.82, 2.24) is 0 Å². The number of aldehydes is 1. The summed E-state index contributed by atoms with van der Waals surface area (Å²) >= 11 is 0. The minimum atomic E-state index is -0.175. The summed E-state index contributed by atoms with van der Waals surface area (Å²) in [5.74, 6) is 0.805. The van der Waals surface area contributed by atoms with E-state index in [0.29, 0.717) is 13.0 Å². The Labute approximate surface area is 95.7 Å². The molecule has 0 radical (unpaired) electrons. The normalized spacial score (nSPS) is 11.8. The lowest BCUT2D eigenvalue weighted by Gasteiger charge is -2.13. The van der Waals surface area contributed by atoms with Crippen LogP contribution in [0.15, 0.2) is 36.9 Å². The molecule has 1 atom stereocenters. The van der Waals surface area contributed by atoms with Crippen molar-refractivity contribution in [2.24, 2.45) is 0 Å². The lowest BCUT2D eigenvalue weighted by molar-refractivity contribution is -0.109. The molecule has 3 nitrogen and oxygen atoms in total. The van der Waals surface area contributed by atoms with Gasteiger partial charge in [0.25, 0.3) is 0 Å². The lowest BCUT2D eigenvalue weighted by atomic mass is 10.1. The average molecular weight is 220 g/mol. The molecule has 0 saturated carbocycles. The second kappa shape index (κ2) is 6.80. The van der Waals surface area contributed by atoms with E-state index in [1.54, 1.807) is 13.2 Å². The summed E-state index contributed by atoms with van der Waals surface area (Å²) in [7, 11) is 1.63. The van der Waals surface area contributed by atoms with Crippen LogP contribution >= 0.6 is 0 Å². The van der Waals surface area contributed by atoms with Crippen LogP contribution in [0.4, 0.5) is 0 Å². The molecule has 0 aliphatic heterocycles. The zero-order chi connectivity index (χ0) is 11.8. The number of carbonyl (C=O) groups excluding carboxylic acids is 1. The third-order valence-electron chi connectivity index (χ3n) is 2.19. The molecular formula is C13H16O3. The van der Waals surface area contributed by atoms with Gasteiger partial charge >= 0.3 is 0 Å². The predicted molar refractivity (Wildman–Crippen MR) is 62.6 cm³/mol. The van der Waals surface area contributed by atoms with Crippen molar-refractivity contribution >= 4 is 6.29 Å². The SMILES string of the molecule is C=C[C@H](OCCC=O)c1ccc(OC)cc1. The van der Waals surface area contributed by atoms with Gasteiger partial charge in [0.2, 0.25) is 0 Å². The van der Waals surface area contributed by atoms with Gasteiger partial charge in [-0.25, -0.2) is 0 Å². The highest BCUT2D eigenvalue weighted by Gasteiger charge is 2.07. The Kier molecular flexibility index (Phi) is 5.29. The number of benzene rings is 1. The van der Waals surface area contributed by atoms with Crippen LogP contribution in [0.5, 0.6) is 5.75 Å². The fourth-order valence-electron chi connectivity index (χ4n) is 1.34. The fraction of sp³-hybridized carbons (Fsp3) is 0.308. The van der Waals surface area contributed by atoms with Gasteiger partial charge in [-0.3, -0.25) is 0 Å². The predicted octanol–water partition coefficient (Wildman–Crippen LogP) is 2.53. The van der Waals surface area contributed by atoms with E-state index >= 15 is 0 Å². The highest BCUT2D eigenvalue weighted by molar-refractivity contribution is 5.49. The van der Waals surface area contributed by atoms with Gasteiger partial charge in [0.15, 0.2) is 0 Å². The van der Waals surface area contributed by atoms with Crippen molar-refractivity contribution in [3.8, 4) is 5.75 Å². The van der Waals surface area contributed by atoms with Gasteiger partial charge in [-0.05, 0) is 17.7 Å². The molecule has 0 heterocycles. The first kappa shape index (κ1) is 12.5. The summed E-state index contributed by atoms with van der Waals surface area (Å²) in [6.45, 7) is 4.12. The Hall–Kier alpha value is -1.61. The molecule has 0 amide bonds. The Bertz CT molecular complexity index is 330. The fourth-order valence-corrected chi connectivity index (χ4v) is 1.34. The van der Waals surface area contributed by atoms with E-state index in [-0.39, 0.29) is 6.10 Å². The minimum Gasteiger partial charge on any atom is -0.497 e. The van der Waals surface area contributed by atoms with Crippen molar-refractivity contribution in [1.29, 1.82) is 0 Å². The maximum absolute atomic E-state index is 10.2. The Morgan fingerprint density at radius 2 is 2.06 bits per heavy atom. The third-order valence-corrected chi connectivity index (χ3v) is 2.19. The second-order valence-corrected chi connectivity index (χ2v) is 3.26. The summed E-state index contributed by atoms with van der Waals surface area (Å²) in [4.78, 5) is 10.2. The molecule has 16 heavy (non-hydrogen) atoms. The van der Waals surface area contributed by atoms with Gasteiger partial charge in [-0.2, -0.15) is 0 Å². The summed E-state index contributed by atoms with van der Waals surface area (Å²) < 4.78 is 10.6. The largest absolute Gasteiger partial charge is 0.497 e. The van der Waals surface area contributed by atoms with Gasteiger partial charge in [-0.15, -0.1) is 6.58 Å². The molecule has 3 heteroatoms. The summed E-state index contributed by atoms with van der Waals surface area (Å²) in [6.07, 6.45) is 2.78. The lowest BCUT2D eigenvalue weighted by Crippen LogP contribution is -2.03. The van der Waals surface area contributed by atoms with Gasteiger partial charge < -0.3 is 14.3 Å². The number of carbonyl (C=O) groups is 1. The van der Waals surface area contributed by atoms with Crippen LogP contribution in [0.2, 0.25) is 0 Å². The van der Waals surface area contributed by atoms with E-state index in [1.807, 2.05) is 24.3 Å². The van der Waals surface area contributed by atoms with E-state index in [9.17, 15) is 4.79 Å². The van der Waals surface area contributed by atoms with Crippen LogP contribution in [0.3, 0.4) is 0 Å². The molecule has 0 spiro atoms. The Morgan fingerprint density at radius 1 is 1.38 bits per heavy atom. The molecule has 0 saturated heterocycles. The molecule has 86 valence electrons. The molecule has 0 bridgehead atoms. The number of hydrogen-bond acceptors (Lipinski definition) is 3. The van der Waals surface area contributed by atoms with Crippen LogP contribution in [-0.4, -0.2) is 20.0 Å². The maximum Gasteiger partial charge on any atom is 0.122 e. The maximum atomic E-state index is 10.2. The molecule has 0 aromatic heterocycles. The van der Waals surface area contributed by atoms with Crippen molar-refractivity contribution in [2.45, 2.75) is 12.5 Å². The van der Waals surface area contributed by atoms with Gasteiger partial charge in [0, 0.05) is 6.42 Å². The summed E-state index contributed by atoms with van der Waals surface area (Å²) in [6, 6.07) is 7.59. The molecule has 0 unspecified atom stereocenters. The summed E-state index contributed by atoms with van der Waals surface area (Å²) in [5.41, 5.74) is 1.00. The van der Waals surface area contributed by atoms with Gasteiger partial charge in [-0.1, -0.05) is 18.2 Å². The van der Waals surface area contributed by atoms with E-state index in [2.05, 4.69) is 6.58 Å². The van der Waals surface area contributed by atoms with Gasteiger partial charge in [0.05, 0.1) is 13.7 Å². The van der Waals surface area contributed by atoms with Crippen LogP contribution in [0.1, 0.15) is 18.1 Å². The Morgan fingerprint density at radius 3 is 2.56 bits per heavy atom. The van der Waals surface area contributed by atoms with E-state index in [0.717, 1.165) is 17.6 Å². The topological polar surface area (TPSA) is 35.5 Å². The molecule has 0 N–H and O–H groups in total. The molecule has 1 aromatic carbocycles. The summed E-state index contributed by atoms with van der Waals surface area (Å²) in [5, 5.41) is 0. The van der Waals surface area contributed by atoms with Crippen LogP contribution < -0.4 is 4.74 Å². The molecule has 0 aliphatic rings. The standard InChI is InChI=1S/C13H16O3/c1-3-13(16-10-4-9-14)11-5-7-12(15-2)8-6-11/h3,5-9,13H,1,4,10H2,2H3/t13-/m0/s1. The highest BCUT2D eigenvalue weighted by atomic mass is 16.5. The number of ether oxygens (including phenoxy) is 2. The monoisotopic (exact) mass is 220 g/mol. The zero-order valence-corrected chi connectivity index (χ0v) is 9.39. The molecular weight excluding hydrogens is 204 g/mol. The van der Waals surface area contributed by atoms with Crippen LogP contribution in [0, 0.1) is 0 Å². The zero-order valence-electron chi connectivity index (χ0n) is 9.39. The number of methoxy groups -OCH3 is 1. The molecule has 1 aromatic rings. The Balaban J connectivity index is 2.63. The number of rotatable bonds is 7. The first-order valence-electron chi connectivity index (χ1n) is 5.13. The molecule has 1 rings (SSSR count). The highest BCUT2D eigenvalue weighted by Crippen LogP contribution is 2.21. The molecule has 0 aliphatic carbocycles. The quantitative estimate of drug-likeness (QED) is 0.402. The molecule has 0 fully saturated rings. The van der Waals surface area contributed by atoms with E-state index in [1.165, 1.54) is 0 Å². The van der Waals surface area contributed by atoms with Crippen molar-refractivity contribution in [3.05, 3.63) is 42.5 Å². The smallest absolute Gasteiger partial charge is 0.122 e. The first-order valence-corrected chi connectivity index (χ1v) is 5.13.